The number of benzene rings is 1. The molecule has 1 atom stereocenters. The van der Waals surface area contributed by atoms with E-state index in [2.05, 4.69) is 27.0 Å². The molecule has 3 rings (SSSR count). The van der Waals surface area contributed by atoms with Crippen molar-refractivity contribution in [2.75, 3.05) is 18.4 Å². The molecule has 2 aromatic rings. The van der Waals surface area contributed by atoms with Crippen molar-refractivity contribution >= 4 is 17.6 Å². The van der Waals surface area contributed by atoms with Gasteiger partial charge in [0.15, 0.2) is 0 Å². The largest absolute Gasteiger partial charge is 0.365 e. The van der Waals surface area contributed by atoms with Gasteiger partial charge in [-0.25, -0.2) is 4.98 Å². The van der Waals surface area contributed by atoms with E-state index >= 15 is 0 Å². The van der Waals surface area contributed by atoms with Crippen LogP contribution in [0.4, 0.5) is 5.82 Å². The lowest BCUT2D eigenvalue weighted by Crippen LogP contribution is -2.42. The number of carbonyl (C=O) groups excluding carboxylic acids is 2. The molecule has 0 spiro atoms. The number of hydrogen-bond donors (Lipinski definition) is 3. The Balaban J connectivity index is 1.58. The van der Waals surface area contributed by atoms with Gasteiger partial charge in [0.25, 0.3) is 5.91 Å². The van der Waals surface area contributed by atoms with Crippen LogP contribution in [0.3, 0.4) is 0 Å². The highest BCUT2D eigenvalue weighted by Crippen LogP contribution is 2.13. The molecule has 0 saturated carbocycles. The van der Waals surface area contributed by atoms with Crippen LogP contribution in [-0.2, 0) is 11.3 Å². The van der Waals surface area contributed by atoms with Crippen LogP contribution in [0.25, 0.3) is 0 Å². The summed E-state index contributed by atoms with van der Waals surface area (Å²) in [6.07, 6.45) is 3.35. The van der Waals surface area contributed by atoms with E-state index < -0.39 is 0 Å². The summed E-state index contributed by atoms with van der Waals surface area (Å²) in [5.41, 5.74) is 1.90. The van der Waals surface area contributed by atoms with E-state index in [1.54, 1.807) is 30.5 Å². The smallest absolute Gasteiger partial charge is 0.251 e. The SMILES string of the molecule is N#Cc1cccnc1NCc1cccc(C(=O)NCC2CCCNC2=O)c1. The molecule has 7 nitrogen and oxygen atoms in total. The molecule has 1 aromatic heterocycles. The van der Waals surface area contributed by atoms with Gasteiger partial charge in [-0.3, -0.25) is 9.59 Å². The van der Waals surface area contributed by atoms with E-state index in [1.807, 2.05) is 12.1 Å². The van der Waals surface area contributed by atoms with E-state index in [1.165, 1.54) is 0 Å². The fourth-order valence-electron chi connectivity index (χ4n) is 2.99. The zero-order valence-electron chi connectivity index (χ0n) is 14.9. The molecule has 2 amide bonds. The van der Waals surface area contributed by atoms with Crippen molar-refractivity contribution in [1.29, 1.82) is 5.26 Å². The maximum Gasteiger partial charge on any atom is 0.251 e. The Morgan fingerprint density at radius 2 is 2.22 bits per heavy atom. The normalized spacial score (nSPS) is 16.1. The Morgan fingerprint density at radius 3 is 3.04 bits per heavy atom. The first-order valence-electron chi connectivity index (χ1n) is 8.91. The van der Waals surface area contributed by atoms with Crippen molar-refractivity contribution in [1.82, 2.24) is 15.6 Å². The molecule has 27 heavy (non-hydrogen) atoms. The van der Waals surface area contributed by atoms with Gasteiger partial charge >= 0.3 is 0 Å². The number of amides is 2. The van der Waals surface area contributed by atoms with E-state index in [-0.39, 0.29) is 17.7 Å². The Hall–Kier alpha value is -3.40. The van der Waals surface area contributed by atoms with Crippen molar-refractivity contribution in [3.8, 4) is 6.07 Å². The number of aromatic nitrogens is 1. The number of nitrogens with zero attached hydrogens (tertiary/aromatic N) is 2. The first kappa shape index (κ1) is 18.4. The molecule has 1 unspecified atom stereocenters. The fourth-order valence-corrected chi connectivity index (χ4v) is 2.99. The molecule has 0 bridgehead atoms. The number of nitriles is 1. The third-order valence-corrected chi connectivity index (χ3v) is 4.49. The molecule has 138 valence electrons. The standard InChI is InChI=1S/C20H21N5O2/c21-11-16-6-2-8-22-18(16)24-12-14-4-1-5-15(10-14)19(26)25-13-17-7-3-9-23-20(17)27/h1-2,4-6,8,10,17H,3,7,9,12-13H2,(H,22,24)(H,23,27)(H,25,26). The van der Waals surface area contributed by atoms with Crippen LogP contribution in [0.15, 0.2) is 42.6 Å². The second kappa shape index (κ2) is 8.81. The highest BCUT2D eigenvalue weighted by molar-refractivity contribution is 5.94. The second-order valence-corrected chi connectivity index (χ2v) is 6.41. The average Bonchev–Trinajstić information content (AvgIpc) is 2.72. The fraction of sp³-hybridized carbons (Fsp3) is 0.300. The molecule has 1 saturated heterocycles. The number of pyridine rings is 1. The zero-order valence-corrected chi connectivity index (χ0v) is 14.9. The monoisotopic (exact) mass is 363 g/mol. The van der Waals surface area contributed by atoms with Crippen LogP contribution in [0.1, 0.15) is 34.3 Å². The molecule has 1 fully saturated rings. The summed E-state index contributed by atoms with van der Waals surface area (Å²) in [4.78, 5) is 28.3. The second-order valence-electron chi connectivity index (χ2n) is 6.41. The third-order valence-electron chi connectivity index (χ3n) is 4.49. The van der Waals surface area contributed by atoms with E-state index in [0.717, 1.165) is 18.4 Å². The van der Waals surface area contributed by atoms with Crippen LogP contribution < -0.4 is 16.0 Å². The van der Waals surface area contributed by atoms with Gasteiger partial charge in [0, 0.05) is 31.4 Å². The molecule has 1 aliphatic rings. The van der Waals surface area contributed by atoms with Gasteiger partial charge < -0.3 is 16.0 Å². The van der Waals surface area contributed by atoms with Crippen LogP contribution >= 0.6 is 0 Å². The summed E-state index contributed by atoms with van der Waals surface area (Å²) in [6, 6.07) is 12.7. The van der Waals surface area contributed by atoms with Crippen molar-refractivity contribution in [2.45, 2.75) is 19.4 Å². The number of carbonyl (C=O) groups is 2. The minimum absolute atomic E-state index is 0.00292. The lowest BCUT2D eigenvalue weighted by atomic mass is 9.98. The molecule has 1 aromatic carbocycles. The van der Waals surface area contributed by atoms with Crippen LogP contribution in [-0.4, -0.2) is 29.9 Å². The summed E-state index contributed by atoms with van der Waals surface area (Å²) >= 11 is 0. The van der Waals surface area contributed by atoms with Crippen LogP contribution in [0.2, 0.25) is 0 Å². The van der Waals surface area contributed by atoms with Gasteiger partial charge in [-0.15, -0.1) is 0 Å². The number of piperidine rings is 1. The van der Waals surface area contributed by atoms with Crippen molar-refractivity contribution in [3.63, 3.8) is 0 Å². The zero-order chi connectivity index (χ0) is 19.1. The minimum atomic E-state index is -0.203. The van der Waals surface area contributed by atoms with Crippen molar-refractivity contribution in [2.24, 2.45) is 5.92 Å². The number of nitrogens with one attached hydrogen (secondary N) is 3. The number of rotatable bonds is 6. The molecule has 0 aliphatic carbocycles. The maximum absolute atomic E-state index is 12.4. The van der Waals surface area contributed by atoms with Crippen LogP contribution in [0.5, 0.6) is 0 Å². The Morgan fingerprint density at radius 1 is 1.33 bits per heavy atom. The lowest BCUT2D eigenvalue weighted by molar-refractivity contribution is -0.126. The predicted molar refractivity (Wildman–Crippen MR) is 101 cm³/mol. The Bertz CT molecular complexity index is 875. The predicted octanol–water partition coefficient (Wildman–Crippen LogP) is 1.82. The van der Waals surface area contributed by atoms with Gasteiger partial charge in [0.1, 0.15) is 11.9 Å². The van der Waals surface area contributed by atoms with Gasteiger partial charge in [0.05, 0.1) is 11.5 Å². The van der Waals surface area contributed by atoms with Gasteiger partial charge in [-0.05, 0) is 42.7 Å². The molecule has 3 N–H and O–H groups in total. The lowest BCUT2D eigenvalue weighted by Gasteiger charge is -2.22. The van der Waals surface area contributed by atoms with E-state index in [4.69, 9.17) is 5.26 Å². The van der Waals surface area contributed by atoms with E-state index in [9.17, 15) is 9.59 Å². The maximum atomic E-state index is 12.4. The van der Waals surface area contributed by atoms with Crippen LogP contribution in [0, 0.1) is 17.2 Å². The first-order chi connectivity index (χ1) is 13.2. The summed E-state index contributed by atoms with van der Waals surface area (Å²) in [5.74, 6) is 0.146. The summed E-state index contributed by atoms with van der Waals surface area (Å²) in [7, 11) is 0. The number of hydrogen-bond acceptors (Lipinski definition) is 5. The Labute approximate surface area is 157 Å². The Kier molecular flexibility index (Phi) is 6.00. The topological polar surface area (TPSA) is 107 Å². The first-order valence-corrected chi connectivity index (χ1v) is 8.91. The van der Waals surface area contributed by atoms with E-state index in [0.29, 0.717) is 36.6 Å². The summed E-state index contributed by atoms with van der Waals surface area (Å²) < 4.78 is 0. The molecule has 2 heterocycles. The number of anilines is 1. The molecular formula is C20H21N5O2. The molecule has 1 aliphatic heterocycles. The van der Waals surface area contributed by atoms with Gasteiger partial charge in [-0.2, -0.15) is 5.26 Å². The summed E-state index contributed by atoms with van der Waals surface area (Å²) in [5, 5.41) is 17.9. The molecule has 7 heteroatoms. The van der Waals surface area contributed by atoms with Crippen molar-refractivity contribution < 1.29 is 9.59 Å². The quantitative estimate of drug-likeness (QED) is 0.726. The summed E-state index contributed by atoms with van der Waals surface area (Å²) in [6.45, 7) is 1.49. The van der Waals surface area contributed by atoms with Crippen molar-refractivity contribution in [3.05, 3.63) is 59.3 Å². The van der Waals surface area contributed by atoms with Gasteiger partial charge in [0.2, 0.25) is 5.91 Å². The average molecular weight is 363 g/mol. The highest BCUT2D eigenvalue weighted by atomic mass is 16.2. The highest BCUT2D eigenvalue weighted by Gasteiger charge is 2.22. The third kappa shape index (κ3) is 4.82. The molecular weight excluding hydrogens is 342 g/mol. The molecule has 0 radical (unpaired) electrons. The van der Waals surface area contributed by atoms with Gasteiger partial charge in [-0.1, -0.05) is 12.1 Å². The minimum Gasteiger partial charge on any atom is -0.365 e.